The molecular formula is C15H18N2O4S. The quantitative estimate of drug-likeness (QED) is 0.663. The number of para-hydroxylation sites is 1. The number of nitro groups is 1. The highest BCUT2D eigenvalue weighted by Gasteiger charge is 2.16. The van der Waals surface area contributed by atoms with Gasteiger partial charge in [-0.1, -0.05) is 32.0 Å². The van der Waals surface area contributed by atoms with Crippen LogP contribution in [0.2, 0.25) is 0 Å². The zero-order valence-electron chi connectivity index (χ0n) is 12.6. The summed E-state index contributed by atoms with van der Waals surface area (Å²) in [5.74, 6) is 0.585. The number of rotatable bonds is 5. The molecule has 118 valence electrons. The van der Waals surface area contributed by atoms with E-state index < -0.39 is 15.9 Å². The zero-order valence-corrected chi connectivity index (χ0v) is 13.4. The number of nitrogens with zero attached hydrogens (tertiary/aromatic N) is 1. The normalized spacial score (nSPS) is 10.9. The third-order valence-corrected chi connectivity index (χ3v) is 2.91. The van der Waals surface area contributed by atoms with Gasteiger partial charge in [0, 0.05) is 18.4 Å². The molecule has 0 aliphatic carbocycles. The van der Waals surface area contributed by atoms with E-state index in [2.05, 4.69) is 4.72 Å². The first-order valence-corrected chi connectivity index (χ1v) is 8.23. The van der Waals surface area contributed by atoms with Crippen LogP contribution in [0.15, 0.2) is 48.5 Å². The maximum atomic E-state index is 11.1. The molecule has 0 aliphatic heterocycles. The molecule has 7 heteroatoms. The van der Waals surface area contributed by atoms with E-state index in [4.69, 9.17) is 4.74 Å². The lowest BCUT2D eigenvalue weighted by molar-refractivity contribution is -0.385. The molecule has 0 aromatic heterocycles. The van der Waals surface area contributed by atoms with Crippen LogP contribution in [0.1, 0.15) is 13.8 Å². The maximum Gasteiger partial charge on any atom is 0.311 e. The Morgan fingerprint density at radius 2 is 1.77 bits per heavy atom. The van der Waals surface area contributed by atoms with Crippen LogP contribution in [-0.4, -0.2) is 15.4 Å². The molecule has 0 saturated heterocycles. The van der Waals surface area contributed by atoms with E-state index >= 15 is 0 Å². The van der Waals surface area contributed by atoms with Crippen molar-refractivity contribution in [3.8, 4) is 11.5 Å². The Labute approximate surface area is 131 Å². The van der Waals surface area contributed by atoms with Crippen molar-refractivity contribution in [2.24, 2.45) is 0 Å². The van der Waals surface area contributed by atoms with Crippen molar-refractivity contribution in [2.75, 3.05) is 11.0 Å². The van der Waals surface area contributed by atoms with Gasteiger partial charge in [-0.05, 0) is 18.2 Å². The van der Waals surface area contributed by atoms with Crippen LogP contribution >= 0.6 is 0 Å². The van der Waals surface area contributed by atoms with Gasteiger partial charge in [-0.2, -0.15) is 0 Å². The third kappa shape index (κ3) is 5.17. The van der Waals surface area contributed by atoms with Crippen molar-refractivity contribution < 1.29 is 13.9 Å². The van der Waals surface area contributed by atoms with E-state index in [9.17, 15) is 14.3 Å². The Balaban J connectivity index is 0.00000116. The van der Waals surface area contributed by atoms with Gasteiger partial charge in [0.05, 0.1) is 10.6 Å². The predicted molar refractivity (Wildman–Crippen MR) is 88.6 cm³/mol. The van der Waals surface area contributed by atoms with E-state index in [0.29, 0.717) is 11.4 Å². The second kappa shape index (κ2) is 8.78. The highest BCUT2D eigenvalue weighted by Crippen LogP contribution is 2.33. The fourth-order valence-electron chi connectivity index (χ4n) is 1.59. The highest BCUT2D eigenvalue weighted by atomic mass is 32.2. The minimum atomic E-state index is -1.26. The summed E-state index contributed by atoms with van der Waals surface area (Å²) in [6.45, 7) is 4.00. The van der Waals surface area contributed by atoms with Crippen LogP contribution in [-0.2, 0) is 11.0 Å². The molecule has 1 atom stereocenters. The average molecular weight is 322 g/mol. The van der Waals surface area contributed by atoms with Crippen LogP contribution in [0, 0.1) is 10.1 Å². The van der Waals surface area contributed by atoms with Crippen molar-refractivity contribution in [2.45, 2.75) is 13.8 Å². The Kier molecular flexibility index (Phi) is 7.04. The summed E-state index contributed by atoms with van der Waals surface area (Å²) in [6, 6.07) is 13.0. The number of nitro benzene ring substituents is 1. The summed E-state index contributed by atoms with van der Waals surface area (Å²) in [5, 5.41) is 11.0. The highest BCUT2D eigenvalue weighted by molar-refractivity contribution is 7.85. The first-order valence-electron chi connectivity index (χ1n) is 6.67. The van der Waals surface area contributed by atoms with Crippen molar-refractivity contribution in [3.63, 3.8) is 0 Å². The number of ether oxygens (including phenoxy) is 1. The predicted octanol–water partition coefficient (Wildman–Crippen LogP) is 4.12. The van der Waals surface area contributed by atoms with E-state index in [1.54, 1.807) is 24.3 Å². The summed E-state index contributed by atoms with van der Waals surface area (Å²) >= 11 is 0. The summed E-state index contributed by atoms with van der Waals surface area (Å²) in [6.07, 6.45) is 1.47. The molecule has 0 fully saturated rings. The molecule has 0 bridgehead atoms. The number of anilines is 1. The first-order chi connectivity index (χ1) is 10.6. The van der Waals surface area contributed by atoms with Crippen molar-refractivity contribution in [3.05, 3.63) is 58.6 Å². The summed E-state index contributed by atoms with van der Waals surface area (Å²) < 4.78 is 19.3. The molecule has 0 aliphatic rings. The molecule has 0 amide bonds. The van der Waals surface area contributed by atoms with Gasteiger partial charge in [0.15, 0.2) is 0 Å². The monoisotopic (exact) mass is 322 g/mol. The summed E-state index contributed by atoms with van der Waals surface area (Å²) in [7, 11) is -1.26. The van der Waals surface area contributed by atoms with Gasteiger partial charge in [-0.25, -0.2) is 4.21 Å². The van der Waals surface area contributed by atoms with Gasteiger partial charge in [0.25, 0.3) is 0 Å². The third-order valence-electron chi connectivity index (χ3n) is 2.39. The van der Waals surface area contributed by atoms with Crippen molar-refractivity contribution in [1.29, 1.82) is 0 Å². The van der Waals surface area contributed by atoms with Gasteiger partial charge in [-0.3, -0.25) is 10.1 Å². The Bertz CT molecular complexity index is 647. The second-order valence-corrected chi connectivity index (χ2v) is 5.02. The van der Waals surface area contributed by atoms with Crippen molar-refractivity contribution in [1.82, 2.24) is 0 Å². The van der Waals surface area contributed by atoms with Gasteiger partial charge < -0.3 is 9.46 Å². The topological polar surface area (TPSA) is 81.5 Å². The zero-order chi connectivity index (χ0) is 16.5. The maximum absolute atomic E-state index is 11.1. The van der Waals surface area contributed by atoms with E-state index in [-0.39, 0.29) is 11.4 Å². The standard InChI is InChI=1S/C13H12N2O4S.C2H6/c1-20(18)14-10-7-8-12(15(16)17)13(9-10)19-11-5-3-2-4-6-11;1-2/h2-9,14H,1H3;1-2H3. The van der Waals surface area contributed by atoms with Gasteiger partial charge in [0.1, 0.15) is 16.7 Å². The lowest BCUT2D eigenvalue weighted by Gasteiger charge is -2.08. The smallest absolute Gasteiger partial charge is 0.311 e. The summed E-state index contributed by atoms with van der Waals surface area (Å²) in [4.78, 5) is 10.5. The largest absolute Gasteiger partial charge is 0.450 e. The average Bonchev–Trinajstić information content (AvgIpc) is 2.49. The molecular weight excluding hydrogens is 304 g/mol. The molecule has 1 unspecified atom stereocenters. The van der Waals surface area contributed by atoms with Crippen LogP contribution in [0.5, 0.6) is 11.5 Å². The van der Waals surface area contributed by atoms with Crippen LogP contribution in [0.25, 0.3) is 0 Å². The Hall–Kier alpha value is -2.41. The number of nitrogens with one attached hydrogen (secondary N) is 1. The molecule has 0 spiro atoms. The van der Waals surface area contributed by atoms with Gasteiger partial charge >= 0.3 is 5.69 Å². The van der Waals surface area contributed by atoms with E-state index in [0.717, 1.165) is 0 Å². The van der Waals surface area contributed by atoms with Crippen LogP contribution in [0.3, 0.4) is 0 Å². The lowest BCUT2D eigenvalue weighted by Crippen LogP contribution is -2.02. The Morgan fingerprint density at radius 1 is 1.14 bits per heavy atom. The fourth-order valence-corrected chi connectivity index (χ4v) is 2.05. The van der Waals surface area contributed by atoms with E-state index in [1.165, 1.54) is 24.5 Å². The van der Waals surface area contributed by atoms with Gasteiger partial charge in [-0.15, -0.1) is 0 Å². The minimum Gasteiger partial charge on any atom is -0.450 e. The number of benzene rings is 2. The lowest BCUT2D eigenvalue weighted by atomic mass is 10.2. The molecule has 0 saturated carbocycles. The van der Waals surface area contributed by atoms with E-state index in [1.807, 2.05) is 19.9 Å². The molecule has 2 rings (SSSR count). The molecule has 6 nitrogen and oxygen atoms in total. The summed E-state index contributed by atoms with van der Waals surface area (Å²) in [5.41, 5.74) is 0.337. The van der Waals surface area contributed by atoms with Crippen LogP contribution < -0.4 is 9.46 Å². The van der Waals surface area contributed by atoms with Crippen molar-refractivity contribution >= 4 is 22.4 Å². The molecule has 2 aromatic rings. The minimum absolute atomic E-state index is 0.0941. The first kappa shape index (κ1) is 17.6. The van der Waals surface area contributed by atoms with Crippen LogP contribution in [0.4, 0.5) is 11.4 Å². The fraction of sp³-hybridized carbons (Fsp3) is 0.200. The second-order valence-electron chi connectivity index (χ2n) is 3.91. The van der Waals surface area contributed by atoms with Gasteiger partial charge in [0.2, 0.25) is 5.75 Å². The number of hydrogen-bond acceptors (Lipinski definition) is 4. The molecule has 1 N–H and O–H groups in total. The Morgan fingerprint density at radius 3 is 2.32 bits per heavy atom. The molecule has 22 heavy (non-hydrogen) atoms. The molecule has 2 aromatic carbocycles. The molecule has 0 radical (unpaired) electrons. The number of hydrogen-bond donors (Lipinski definition) is 1. The SMILES string of the molecule is CC.CS(=O)Nc1ccc([N+](=O)[O-])c(Oc2ccccc2)c1. The molecule has 0 heterocycles.